The number of hydrogen-bond donors (Lipinski definition) is 2. The van der Waals surface area contributed by atoms with E-state index in [4.69, 9.17) is 4.74 Å². The predicted octanol–water partition coefficient (Wildman–Crippen LogP) is 3.25. The molecule has 2 amide bonds. The third-order valence-corrected chi connectivity index (χ3v) is 4.00. The lowest BCUT2D eigenvalue weighted by atomic mass is 9.87. The highest BCUT2D eigenvalue weighted by Gasteiger charge is 2.19. The monoisotopic (exact) mass is 290 g/mol. The number of benzene rings is 1. The summed E-state index contributed by atoms with van der Waals surface area (Å²) in [6.07, 6.45) is 4.60. The van der Waals surface area contributed by atoms with E-state index in [0.29, 0.717) is 19.2 Å². The van der Waals surface area contributed by atoms with Crippen LogP contribution in [0.25, 0.3) is 0 Å². The Morgan fingerprint density at radius 1 is 1.29 bits per heavy atom. The van der Waals surface area contributed by atoms with E-state index in [1.165, 1.54) is 18.4 Å². The molecule has 0 atom stereocenters. The third kappa shape index (κ3) is 5.66. The lowest BCUT2D eigenvalue weighted by Gasteiger charge is -2.26. The largest absolute Gasteiger partial charge is 0.492 e. The highest BCUT2D eigenvalue weighted by molar-refractivity contribution is 5.74. The van der Waals surface area contributed by atoms with E-state index in [2.05, 4.69) is 17.6 Å². The summed E-state index contributed by atoms with van der Waals surface area (Å²) in [5.74, 6) is 1.65. The summed E-state index contributed by atoms with van der Waals surface area (Å²) in [7, 11) is 0. The molecule has 4 nitrogen and oxygen atoms in total. The number of hydrogen-bond acceptors (Lipinski definition) is 2. The molecule has 0 spiro atoms. The van der Waals surface area contributed by atoms with Crippen LogP contribution < -0.4 is 15.4 Å². The molecule has 1 aliphatic rings. The van der Waals surface area contributed by atoms with E-state index in [1.807, 2.05) is 31.2 Å². The first-order chi connectivity index (χ1) is 10.1. The van der Waals surface area contributed by atoms with Gasteiger partial charge in [0.15, 0.2) is 0 Å². The predicted molar refractivity (Wildman–Crippen MR) is 84.6 cm³/mol. The fourth-order valence-corrected chi connectivity index (χ4v) is 2.68. The molecule has 2 N–H and O–H groups in total. The van der Waals surface area contributed by atoms with Gasteiger partial charge in [0.2, 0.25) is 0 Å². The van der Waals surface area contributed by atoms with Gasteiger partial charge < -0.3 is 15.4 Å². The summed E-state index contributed by atoms with van der Waals surface area (Å²) in [6, 6.07) is 8.17. The van der Waals surface area contributed by atoms with Crippen molar-refractivity contribution in [3.63, 3.8) is 0 Å². The van der Waals surface area contributed by atoms with Gasteiger partial charge >= 0.3 is 6.03 Å². The normalized spacial score (nSPS) is 21.6. The minimum absolute atomic E-state index is 0.0811. The van der Waals surface area contributed by atoms with Crippen LogP contribution in [0.4, 0.5) is 4.79 Å². The zero-order valence-electron chi connectivity index (χ0n) is 13.0. The molecule has 116 valence electrons. The average molecular weight is 290 g/mol. The Hall–Kier alpha value is -1.71. The summed E-state index contributed by atoms with van der Waals surface area (Å²) < 4.78 is 5.60. The number of urea groups is 1. The van der Waals surface area contributed by atoms with E-state index in [0.717, 1.165) is 24.5 Å². The Kier molecular flexibility index (Phi) is 5.90. The van der Waals surface area contributed by atoms with Crippen molar-refractivity contribution < 1.29 is 9.53 Å². The Bertz CT molecular complexity index is 454. The topological polar surface area (TPSA) is 50.4 Å². The molecule has 0 radical (unpaired) electrons. The Balaban J connectivity index is 1.59. The SMILES string of the molecule is Cc1cccc(OCCNC(=O)NC2CCC(C)CC2)c1. The second-order valence-electron chi connectivity index (χ2n) is 6.02. The van der Waals surface area contributed by atoms with E-state index >= 15 is 0 Å². The van der Waals surface area contributed by atoms with Gasteiger partial charge in [-0.15, -0.1) is 0 Å². The molecule has 0 aliphatic heterocycles. The number of carbonyl (C=O) groups excluding carboxylic acids is 1. The molecule has 0 heterocycles. The van der Waals surface area contributed by atoms with E-state index in [-0.39, 0.29) is 6.03 Å². The molecule has 0 unspecified atom stereocenters. The second kappa shape index (κ2) is 7.91. The molecule has 1 saturated carbocycles. The van der Waals surface area contributed by atoms with Gasteiger partial charge in [-0.1, -0.05) is 19.1 Å². The number of aryl methyl sites for hydroxylation is 1. The van der Waals surface area contributed by atoms with Crippen molar-refractivity contribution in [2.24, 2.45) is 5.92 Å². The number of nitrogens with one attached hydrogen (secondary N) is 2. The molecule has 1 aromatic rings. The lowest BCUT2D eigenvalue weighted by molar-refractivity contribution is 0.225. The van der Waals surface area contributed by atoms with Crippen LogP contribution in [-0.4, -0.2) is 25.2 Å². The zero-order chi connectivity index (χ0) is 15.1. The summed E-state index contributed by atoms with van der Waals surface area (Å²) >= 11 is 0. The van der Waals surface area contributed by atoms with Crippen LogP contribution >= 0.6 is 0 Å². The molecular formula is C17H26N2O2. The number of amides is 2. The first-order valence-corrected chi connectivity index (χ1v) is 7.87. The summed E-state index contributed by atoms with van der Waals surface area (Å²) in [5, 5.41) is 5.89. The molecule has 2 rings (SSSR count). The van der Waals surface area contributed by atoms with Crippen LogP contribution in [0, 0.1) is 12.8 Å². The fourth-order valence-electron chi connectivity index (χ4n) is 2.68. The minimum Gasteiger partial charge on any atom is -0.492 e. The van der Waals surface area contributed by atoms with Crippen molar-refractivity contribution in [1.82, 2.24) is 10.6 Å². The van der Waals surface area contributed by atoms with Crippen molar-refractivity contribution in [1.29, 1.82) is 0 Å². The highest BCUT2D eigenvalue weighted by Crippen LogP contribution is 2.23. The molecule has 0 bridgehead atoms. The molecule has 0 saturated heterocycles. The van der Waals surface area contributed by atoms with Crippen molar-refractivity contribution in [3.05, 3.63) is 29.8 Å². The van der Waals surface area contributed by atoms with Gasteiger partial charge in [-0.3, -0.25) is 0 Å². The smallest absolute Gasteiger partial charge is 0.315 e. The van der Waals surface area contributed by atoms with E-state index < -0.39 is 0 Å². The van der Waals surface area contributed by atoms with Crippen LogP contribution in [0.1, 0.15) is 38.2 Å². The molecule has 1 aromatic carbocycles. The molecule has 4 heteroatoms. The maximum atomic E-state index is 11.8. The first-order valence-electron chi connectivity index (χ1n) is 7.87. The summed E-state index contributed by atoms with van der Waals surface area (Å²) in [4.78, 5) is 11.8. The van der Waals surface area contributed by atoms with Crippen LogP contribution in [0.15, 0.2) is 24.3 Å². The number of rotatable bonds is 5. The van der Waals surface area contributed by atoms with Crippen LogP contribution in [-0.2, 0) is 0 Å². The van der Waals surface area contributed by atoms with E-state index in [1.54, 1.807) is 0 Å². The zero-order valence-corrected chi connectivity index (χ0v) is 13.0. The number of ether oxygens (including phenoxy) is 1. The highest BCUT2D eigenvalue weighted by atomic mass is 16.5. The molecule has 0 aromatic heterocycles. The van der Waals surface area contributed by atoms with Crippen molar-refractivity contribution in [2.75, 3.05) is 13.2 Å². The fraction of sp³-hybridized carbons (Fsp3) is 0.588. The molecular weight excluding hydrogens is 264 g/mol. The van der Waals surface area contributed by atoms with Gasteiger partial charge in [-0.25, -0.2) is 4.79 Å². The van der Waals surface area contributed by atoms with Crippen molar-refractivity contribution in [2.45, 2.75) is 45.6 Å². The van der Waals surface area contributed by atoms with Gasteiger partial charge in [0.1, 0.15) is 12.4 Å². The van der Waals surface area contributed by atoms with Crippen LogP contribution in [0.2, 0.25) is 0 Å². The standard InChI is InChI=1S/C17H26N2O2/c1-13-6-8-15(9-7-13)19-17(20)18-10-11-21-16-5-3-4-14(2)12-16/h3-5,12-13,15H,6-11H2,1-2H3,(H2,18,19,20). The lowest BCUT2D eigenvalue weighted by Crippen LogP contribution is -2.44. The van der Waals surface area contributed by atoms with Gasteiger partial charge in [-0.2, -0.15) is 0 Å². The molecule has 1 fully saturated rings. The summed E-state index contributed by atoms with van der Waals surface area (Å²) in [6.45, 7) is 5.31. The maximum Gasteiger partial charge on any atom is 0.315 e. The maximum absolute atomic E-state index is 11.8. The van der Waals surface area contributed by atoms with Gasteiger partial charge in [0.25, 0.3) is 0 Å². The Morgan fingerprint density at radius 2 is 2.05 bits per heavy atom. The Labute approximate surface area is 127 Å². The quantitative estimate of drug-likeness (QED) is 0.818. The van der Waals surface area contributed by atoms with Crippen molar-refractivity contribution >= 4 is 6.03 Å². The van der Waals surface area contributed by atoms with Crippen LogP contribution in [0.5, 0.6) is 5.75 Å². The van der Waals surface area contributed by atoms with E-state index in [9.17, 15) is 4.79 Å². The number of carbonyl (C=O) groups is 1. The second-order valence-corrected chi connectivity index (χ2v) is 6.02. The van der Waals surface area contributed by atoms with Gasteiger partial charge in [0.05, 0.1) is 6.54 Å². The van der Waals surface area contributed by atoms with Crippen LogP contribution in [0.3, 0.4) is 0 Å². The average Bonchev–Trinajstić information content (AvgIpc) is 2.46. The van der Waals surface area contributed by atoms with Gasteiger partial charge in [-0.05, 0) is 56.2 Å². The Morgan fingerprint density at radius 3 is 2.76 bits per heavy atom. The molecule has 1 aliphatic carbocycles. The summed E-state index contributed by atoms with van der Waals surface area (Å²) in [5.41, 5.74) is 1.17. The first kappa shape index (κ1) is 15.7. The van der Waals surface area contributed by atoms with Crippen molar-refractivity contribution in [3.8, 4) is 5.75 Å². The molecule has 21 heavy (non-hydrogen) atoms. The third-order valence-electron chi connectivity index (χ3n) is 4.00. The van der Waals surface area contributed by atoms with Gasteiger partial charge in [0, 0.05) is 6.04 Å². The minimum atomic E-state index is -0.0811.